The fourth-order valence-corrected chi connectivity index (χ4v) is 3.53. The van der Waals surface area contributed by atoms with E-state index in [9.17, 15) is 19.2 Å². The molecule has 0 saturated heterocycles. The Kier molecular flexibility index (Phi) is 5.64. The van der Waals surface area contributed by atoms with Gasteiger partial charge in [0.2, 0.25) is 11.8 Å². The highest BCUT2D eigenvalue weighted by Gasteiger charge is 2.17. The highest BCUT2D eigenvalue weighted by Crippen LogP contribution is 2.24. The van der Waals surface area contributed by atoms with Crippen LogP contribution in [-0.4, -0.2) is 49.3 Å². The molecule has 0 aliphatic rings. The molecule has 10 heteroatoms. The van der Waals surface area contributed by atoms with Crippen LogP contribution in [0.4, 0.5) is 5.69 Å². The van der Waals surface area contributed by atoms with Crippen LogP contribution in [0.2, 0.25) is 0 Å². The fourth-order valence-electron chi connectivity index (χ4n) is 2.68. The molecule has 29 heavy (non-hydrogen) atoms. The fraction of sp³-hybridized carbons (Fsp3) is 0.105. The number of imidazole rings is 1. The lowest BCUT2D eigenvalue weighted by molar-refractivity contribution is -0.113. The maximum Gasteiger partial charge on any atom is 0.335 e. The average Bonchev–Trinajstić information content (AvgIpc) is 3.04. The van der Waals surface area contributed by atoms with Gasteiger partial charge in [0.05, 0.1) is 27.9 Å². The third-order valence-electron chi connectivity index (χ3n) is 3.89. The SMILES string of the molecule is CC(=O)n1c(SCC(=O)Nc2cc(C(=O)O)cc(C(=O)O)c2)nc2ccccc21. The number of thioether (sulfide) groups is 1. The van der Waals surface area contributed by atoms with E-state index in [1.54, 1.807) is 24.3 Å². The van der Waals surface area contributed by atoms with E-state index in [0.717, 1.165) is 17.8 Å². The van der Waals surface area contributed by atoms with E-state index in [1.807, 2.05) is 0 Å². The highest BCUT2D eigenvalue weighted by molar-refractivity contribution is 7.99. The summed E-state index contributed by atoms with van der Waals surface area (Å²) in [4.78, 5) is 50.9. The summed E-state index contributed by atoms with van der Waals surface area (Å²) in [6.07, 6.45) is 0. The zero-order chi connectivity index (χ0) is 21.1. The highest BCUT2D eigenvalue weighted by atomic mass is 32.2. The summed E-state index contributed by atoms with van der Waals surface area (Å²) in [5.74, 6) is -3.49. The smallest absolute Gasteiger partial charge is 0.335 e. The lowest BCUT2D eigenvalue weighted by Gasteiger charge is -2.08. The van der Waals surface area contributed by atoms with Crippen LogP contribution < -0.4 is 5.32 Å². The summed E-state index contributed by atoms with van der Waals surface area (Å²) in [7, 11) is 0. The van der Waals surface area contributed by atoms with Crippen molar-refractivity contribution >= 4 is 52.2 Å². The third-order valence-corrected chi connectivity index (χ3v) is 4.83. The Bertz CT molecular complexity index is 1120. The van der Waals surface area contributed by atoms with E-state index in [-0.39, 0.29) is 28.5 Å². The number of anilines is 1. The number of fused-ring (bicyclic) bond motifs is 1. The van der Waals surface area contributed by atoms with Crippen LogP contribution in [0.1, 0.15) is 32.4 Å². The first-order valence-corrected chi connectivity index (χ1v) is 9.27. The number of aromatic nitrogens is 2. The Morgan fingerprint density at radius 2 is 1.66 bits per heavy atom. The summed E-state index contributed by atoms with van der Waals surface area (Å²) in [6.45, 7) is 1.39. The van der Waals surface area contributed by atoms with Crippen molar-refractivity contribution in [3.63, 3.8) is 0 Å². The Morgan fingerprint density at radius 3 is 2.24 bits per heavy atom. The number of rotatable bonds is 6. The molecule has 1 amide bonds. The van der Waals surface area contributed by atoms with E-state index >= 15 is 0 Å². The molecule has 148 valence electrons. The summed E-state index contributed by atoms with van der Waals surface area (Å²) >= 11 is 1.04. The second-order valence-electron chi connectivity index (χ2n) is 5.98. The number of carbonyl (C=O) groups is 4. The zero-order valence-corrected chi connectivity index (χ0v) is 15.9. The Hall–Kier alpha value is -3.66. The minimum absolute atomic E-state index is 0.0490. The van der Waals surface area contributed by atoms with Crippen LogP contribution in [0.15, 0.2) is 47.6 Å². The van der Waals surface area contributed by atoms with Crippen molar-refractivity contribution in [2.75, 3.05) is 11.1 Å². The molecule has 9 nitrogen and oxygen atoms in total. The summed E-state index contributed by atoms with van der Waals surface area (Å²) < 4.78 is 1.40. The number of aromatic carboxylic acids is 2. The lowest BCUT2D eigenvalue weighted by atomic mass is 10.1. The largest absolute Gasteiger partial charge is 0.478 e. The van der Waals surface area contributed by atoms with Crippen molar-refractivity contribution in [1.29, 1.82) is 0 Å². The second-order valence-corrected chi connectivity index (χ2v) is 6.93. The van der Waals surface area contributed by atoms with Crippen molar-refractivity contribution in [3.05, 3.63) is 53.6 Å². The van der Waals surface area contributed by atoms with E-state index in [0.29, 0.717) is 16.2 Å². The minimum atomic E-state index is -1.31. The van der Waals surface area contributed by atoms with E-state index in [1.165, 1.54) is 23.6 Å². The van der Waals surface area contributed by atoms with Crippen molar-refractivity contribution in [3.8, 4) is 0 Å². The molecule has 0 saturated carbocycles. The molecule has 0 fully saturated rings. The van der Waals surface area contributed by atoms with Crippen LogP contribution in [0, 0.1) is 0 Å². The van der Waals surface area contributed by atoms with Gasteiger partial charge in [-0.2, -0.15) is 0 Å². The van der Waals surface area contributed by atoms with Crippen molar-refractivity contribution < 1.29 is 29.4 Å². The zero-order valence-electron chi connectivity index (χ0n) is 15.1. The minimum Gasteiger partial charge on any atom is -0.478 e. The number of nitrogens with zero attached hydrogens (tertiary/aromatic N) is 2. The normalized spacial score (nSPS) is 10.7. The quantitative estimate of drug-likeness (QED) is 0.524. The molecule has 0 atom stereocenters. The maximum absolute atomic E-state index is 12.3. The van der Waals surface area contributed by atoms with Gasteiger partial charge in [0.15, 0.2) is 5.16 Å². The third kappa shape index (κ3) is 4.43. The summed E-state index contributed by atoms with van der Waals surface area (Å²) in [5.41, 5.74) is 0.777. The van der Waals surface area contributed by atoms with Gasteiger partial charge in [-0.3, -0.25) is 14.2 Å². The molecule has 0 aliphatic carbocycles. The molecular weight excluding hydrogens is 398 g/mol. The molecule has 3 aromatic rings. The molecular formula is C19H15N3O6S. The van der Waals surface area contributed by atoms with E-state index in [4.69, 9.17) is 10.2 Å². The summed E-state index contributed by atoms with van der Waals surface area (Å²) in [6, 6.07) is 10.4. The molecule has 0 unspecified atom stereocenters. The Labute approximate surface area is 168 Å². The number of nitrogens with one attached hydrogen (secondary N) is 1. The molecule has 2 aromatic carbocycles. The van der Waals surface area contributed by atoms with Crippen LogP contribution in [0.3, 0.4) is 0 Å². The molecule has 0 spiro atoms. The van der Waals surface area contributed by atoms with Gasteiger partial charge in [0.25, 0.3) is 0 Å². The van der Waals surface area contributed by atoms with Gasteiger partial charge in [-0.1, -0.05) is 23.9 Å². The molecule has 3 N–H and O–H groups in total. The van der Waals surface area contributed by atoms with Crippen molar-refractivity contribution in [1.82, 2.24) is 9.55 Å². The van der Waals surface area contributed by atoms with Gasteiger partial charge in [-0.15, -0.1) is 0 Å². The van der Waals surface area contributed by atoms with Gasteiger partial charge in [0.1, 0.15) is 0 Å². The number of benzene rings is 2. The van der Waals surface area contributed by atoms with Gasteiger partial charge in [0, 0.05) is 12.6 Å². The molecule has 1 heterocycles. The number of carbonyl (C=O) groups excluding carboxylic acids is 2. The van der Waals surface area contributed by atoms with Crippen LogP contribution in [-0.2, 0) is 4.79 Å². The first kappa shape index (κ1) is 20.1. The maximum atomic E-state index is 12.3. The van der Waals surface area contributed by atoms with Crippen LogP contribution >= 0.6 is 11.8 Å². The van der Waals surface area contributed by atoms with Crippen molar-refractivity contribution in [2.45, 2.75) is 12.1 Å². The predicted octanol–water partition coefficient (Wildman–Crippen LogP) is 2.82. The monoisotopic (exact) mass is 413 g/mol. The average molecular weight is 413 g/mol. The lowest BCUT2D eigenvalue weighted by Crippen LogP contribution is -2.16. The summed E-state index contributed by atoms with van der Waals surface area (Å²) in [5, 5.41) is 21.0. The van der Waals surface area contributed by atoms with Crippen LogP contribution in [0.5, 0.6) is 0 Å². The molecule has 0 radical (unpaired) electrons. The van der Waals surface area contributed by atoms with E-state index < -0.39 is 17.8 Å². The first-order chi connectivity index (χ1) is 13.8. The van der Waals surface area contributed by atoms with Gasteiger partial charge < -0.3 is 15.5 Å². The number of para-hydroxylation sites is 2. The number of carboxylic acids is 2. The number of carboxylic acid groups (broad SMARTS) is 2. The Morgan fingerprint density at radius 1 is 1.03 bits per heavy atom. The topological polar surface area (TPSA) is 139 Å². The van der Waals surface area contributed by atoms with Crippen molar-refractivity contribution in [2.24, 2.45) is 0 Å². The second kappa shape index (κ2) is 8.15. The predicted molar refractivity (Wildman–Crippen MR) is 106 cm³/mol. The number of hydrogen-bond donors (Lipinski definition) is 3. The molecule has 3 rings (SSSR count). The van der Waals surface area contributed by atoms with Gasteiger partial charge >= 0.3 is 11.9 Å². The number of amides is 1. The molecule has 0 bridgehead atoms. The number of hydrogen-bond acceptors (Lipinski definition) is 6. The first-order valence-electron chi connectivity index (χ1n) is 8.29. The Balaban J connectivity index is 1.78. The van der Waals surface area contributed by atoms with Gasteiger partial charge in [-0.25, -0.2) is 14.6 Å². The van der Waals surface area contributed by atoms with E-state index in [2.05, 4.69) is 10.3 Å². The molecule has 0 aliphatic heterocycles. The van der Waals surface area contributed by atoms with Crippen LogP contribution in [0.25, 0.3) is 11.0 Å². The molecule has 1 aromatic heterocycles. The standard InChI is InChI=1S/C19H15N3O6S/c1-10(23)22-15-5-3-2-4-14(15)21-19(22)29-9-16(24)20-13-7-11(17(25)26)6-12(8-13)18(27)28/h2-8H,9H2,1H3,(H,20,24)(H,25,26)(H,27,28). The van der Waals surface area contributed by atoms with Gasteiger partial charge in [-0.05, 0) is 30.3 Å².